The average Bonchev–Trinajstić information content (AvgIpc) is 2.55. The summed E-state index contributed by atoms with van der Waals surface area (Å²) >= 11 is 1.80. The van der Waals surface area contributed by atoms with Gasteiger partial charge in [0.05, 0.1) is 6.54 Å². The quantitative estimate of drug-likeness (QED) is 0.789. The zero-order valence-electron chi connectivity index (χ0n) is 12.9. The molecule has 114 valence electrons. The first kappa shape index (κ1) is 17.5. The maximum atomic E-state index is 12.1. The molecule has 1 aromatic heterocycles. The van der Waals surface area contributed by atoms with Gasteiger partial charge in [-0.05, 0) is 31.2 Å². The fraction of sp³-hybridized carbons (Fsp3) is 0.500. The Morgan fingerprint density at radius 3 is 2.62 bits per heavy atom. The second-order valence-electron chi connectivity index (χ2n) is 4.71. The smallest absolute Gasteiger partial charge is 0.269 e. The normalized spacial score (nSPS) is 10.7. The number of amides is 1. The van der Waals surface area contributed by atoms with Gasteiger partial charge in [-0.3, -0.25) is 4.79 Å². The van der Waals surface area contributed by atoms with E-state index in [2.05, 4.69) is 42.2 Å². The molecule has 5 heteroatoms. The lowest BCUT2D eigenvalue weighted by Crippen LogP contribution is -2.39. The summed E-state index contributed by atoms with van der Waals surface area (Å²) in [4.78, 5) is 16.3. The monoisotopic (exact) mass is 305 g/mol. The predicted octanol–water partition coefficient (Wildman–Crippen LogP) is 2.04. The number of nitrogens with one attached hydrogen (secondary N) is 1. The van der Waals surface area contributed by atoms with Crippen molar-refractivity contribution in [2.24, 2.45) is 5.73 Å². The Bertz CT molecular complexity index is 504. The van der Waals surface area contributed by atoms with E-state index in [0.29, 0.717) is 18.8 Å². The highest BCUT2D eigenvalue weighted by molar-refractivity contribution is 8.00. The lowest BCUT2D eigenvalue weighted by molar-refractivity contribution is 0.0944. The van der Waals surface area contributed by atoms with Gasteiger partial charge in [-0.2, -0.15) is 11.8 Å². The number of nitrogens with zero attached hydrogens (tertiary/aromatic N) is 1. The Labute approximate surface area is 131 Å². The molecule has 0 aliphatic heterocycles. The van der Waals surface area contributed by atoms with Crippen LogP contribution in [0.15, 0.2) is 18.3 Å². The van der Waals surface area contributed by atoms with E-state index < -0.39 is 0 Å². The Morgan fingerprint density at radius 2 is 2.14 bits per heavy atom. The van der Waals surface area contributed by atoms with Gasteiger partial charge in [-0.15, -0.1) is 0 Å². The van der Waals surface area contributed by atoms with E-state index in [0.717, 1.165) is 18.4 Å². The van der Waals surface area contributed by atoms with E-state index in [1.807, 2.05) is 0 Å². The van der Waals surface area contributed by atoms with Crippen molar-refractivity contribution in [3.05, 3.63) is 29.6 Å². The summed E-state index contributed by atoms with van der Waals surface area (Å²) < 4.78 is 0.0994. The number of carbonyl (C=O) groups is 1. The maximum absolute atomic E-state index is 12.1. The summed E-state index contributed by atoms with van der Waals surface area (Å²) in [6.07, 6.45) is 5.72. The van der Waals surface area contributed by atoms with Gasteiger partial charge in [0.15, 0.2) is 0 Å². The second-order valence-corrected chi connectivity index (χ2v) is 5.99. The standard InChI is InChI=1S/C16H23N3OS/c1-4-16(5-2,21-3)12-19-15(20)14-9-8-13(11-18-14)7-6-10-17/h8-9,11H,4-5,10,12,17H2,1-3H3,(H,19,20). The number of aromatic nitrogens is 1. The van der Waals surface area contributed by atoms with Crippen molar-refractivity contribution in [2.75, 3.05) is 19.3 Å². The average molecular weight is 305 g/mol. The van der Waals surface area contributed by atoms with Crippen LogP contribution in [0.2, 0.25) is 0 Å². The first-order valence-corrected chi connectivity index (χ1v) is 8.31. The molecule has 0 fully saturated rings. The summed E-state index contributed by atoms with van der Waals surface area (Å²) in [7, 11) is 0. The highest BCUT2D eigenvalue weighted by Crippen LogP contribution is 2.29. The molecule has 0 saturated heterocycles. The highest BCUT2D eigenvalue weighted by atomic mass is 32.2. The first-order chi connectivity index (χ1) is 10.1. The van der Waals surface area contributed by atoms with Gasteiger partial charge in [0, 0.05) is 23.1 Å². The topological polar surface area (TPSA) is 68.0 Å². The van der Waals surface area contributed by atoms with Gasteiger partial charge >= 0.3 is 0 Å². The number of nitrogens with two attached hydrogens (primary N) is 1. The number of hydrogen-bond acceptors (Lipinski definition) is 4. The number of pyridine rings is 1. The van der Waals surface area contributed by atoms with E-state index in [9.17, 15) is 4.79 Å². The molecule has 0 saturated carbocycles. The Balaban J connectivity index is 2.67. The third kappa shape index (κ3) is 5.07. The van der Waals surface area contributed by atoms with Crippen LogP contribution in [0.5, 0.6) is 0 Å². The molecule has 1 rings (SSSR count). The van der Waals surface area contributed by atoms with Crippen LogP contribution < -0.4 is 11.1 Å². The zero-order chi connectivity index (χ0) is 15.7. The molecule has 1 amide bonds. The minimum atomic E-state index is -0.145. The van der Waals surface area contributed by atoms with Crippen molar-refractivity contribution in [3.8, 4) is 11.8 Å². The summed E-state index contributed by atoms with van der Waals surface area (Å²) in [6, 6.07) is 3.47. The Hall–Kier alpha value is -1.51. The van der Waals surface area contributed by atoms with Crippen LogP contribution in [0, 0.1) is 11.8 Å². The van der Waals surface area contributed by atoms with Crippen LogP contribution in [0.3, 0.4) is 0 Å². The molecule has 0 unspecified atom stereocenters. The molecular formula is C16H23N3OS. The summed E-state index contributed by atoms with van der Waals surface area (Å²) in [6.45, 7) is 5.26. The van der Waals surface area contributed by atoms with Gasteiger partial charge in [-0.25, -0.2) is 4.98 Å². The fourth-order valence-electron chi connectivity index (χ4n) is 1.95. The third-order valence-corrected chi connectivity index (χ3v) is 5.21. The molecule has 0 atom stereocenters. The van der Waals surface area contributed by atoms with Crippen molar-refractivity contribution in [2.45, 2.75) is 31.4 Å². The summed E-state index contributed by atoms with van der Waals surface area (Å²) in [5.41, 5.74) is 6.49. The molecule has 1 heterocycles. The molecule has 21 heavy (non-hydrogen) atoms. The molecule has 0 bridgehead atoms. The van der Waals surface area contributed by atoms with Crippen LogP contribution in [0.25, 0.3) is 0 Å². The van der Waals surface area contributed by atoms with Gasteiger partial charge in [0.1, 0.15) is 5.69 Å². The van der Waals surface area contributed by atoms with Crippen molar-refractivity contribution in [1.82, 2.24) is 10.3 Å². The van der Waals surface area contributed by atoms with E-state index >= 15 is 0 Å². The lowest BCUT2D eigenvalue weighted by Gasteiger charge is -2.29. The predicted molar refractivity (Wildman–Crippen MR) is 89.3 cm³/mol. The van der Waals surface area contributed by atoms with E-state index in [4.69, 9.17) is 5.73 Å². The molecule has 0 aliphatic rings. The SMILES string of the molecule is CCC(CC)(CNC(=O)c1ccc(C#CCN)cn1)SC. The van der Waals surface area contributed by atoms with Gasteiger partial charge in [-0.1, -0.05) is 25.7 Å². The molecule has 1 aromatic rings. The van der Waals surface area contributed by atoms with Crippen LogP contribution in [-0.4, -0.2) is 35.0 Å². The number of rotatable bonds is 6. The number of hydrogen-bond donors (Lipinski definition) is 2. The lowest BCUT2D eigenvalue weighted by atomic mass is 10.0. The van der Waals surface area contributed by atoms with E-state index in [-0.39, 0.29) is 10.7 Å². The number of carbonyl (C=O) groups excluding carboxylic acids is 1. The maximum Gasteiger partial charge on any atom is 0.269 e. The van der Waals surface area contributed by atoms with Crippen LogP contribution in [0.4, 0.5) is 0 Å². The largest absolute Gasteiger partial charge is 0.349 e. The van der Waals surface area contributed by atoms with Gasteiger partial charge < -0.3 is 11.1 Å². The molecule has 0 aromatic carbocycles. The Kier molecular flexibility index (Phi) is 7.27. The summed E-state index contributed by atoms with van der Waals surface area (Å²) in [5, 5.41) is 2.98. The minimum absolute atomic E-state index is 0.0994. The second kappa shape index (κ2) is 8.71. The molecule has 0 spiro atoms. The van der Waals surface area contributed by atoms with Crippen molar-refractivity contribution in [1.29, 1.82) is 0 Å². The van der Waals surface area contributed by atoms with Crippen LogP contribution in [-0.2, 0) is 0 Å². The fourth-order valence-corrected chi connectivity index (χ4v) is 2.74. The highest BCUT2D eigenvalue weighted by Gasteiger charge is 2.25. The third-order valence-electron chi connectivity index (χ3n) is 3.62. The molecule has 3 N–H and O–H groups in total. The van der Waals surface area contributed by atoms with Gasteiger partial charge in [0.2, 0.25) is 0 Å². The van der Waals surface area contributed by atoms with Crippen molar-refractivity contribution >= 4 is 17.7 Å². The molecule has 0 aliphatic carbocycles. The van der Waals surface area contributed by atoms with Crippen molar-refractivity contribution in [3.63, 3.8) is 0 Å². The van der Waals surface area contributed by atoms with Crippen LogP contribution in [0.1, 0.15) is 42.7 Å². The molecular weight excluding hydrogens is 282 g/mol. The van der Waals surface area contributed by atoms with Gasteiger partial charge in [0.25, 0.3) is 5.91 Å². The van der Waals surface area contributed by atoms with Crippen molar-refractivity contribution < 1.29 is 4.79 Å². The summed E-state index contributed by atoms with van der Waals surface area (Å²) in [5.74, 6) is 5.49. The first-order valence-electron chi connectivity index (χ1n) is 7.09. The zero-order valence-corrected chi connectivity index (χ0v) is 13.7. The van der Waals surface area contributed by atoms with E-state index in [1.165, 1.54) is 0 Å². The molecule has 0 radical (unpaired) electrons. The Morgan fingerprint density at radius 1 is 1.43 bits per heavy atom. The van der Waals surface area contributed by atoms with Crippen LogP contribution >= 0.6 is 11.8 Å². The van der Waals surface area contributed by atoms with E-state index in [1.54, 1.807) is 30.1 Å². The minimum Gasteiger partial charge on any atom is -0.349 e. The number of thioether (sulfide) groups is 1. The molecule has 4 nitrogen and oxygen atoms in total.